The molecule has 0 aromatic heterocycles. The summed E-state index contributed by atoms with van der Waals surface area (Å²) < 4.78 is 11.5. The lowest BCUT2D eigenvalue weighted by atomic mass is 10.1. The van der Waals surface area contributed by atoms with E-state index in [1.54, 1.807) is 12.1 Å². The molecule has 0 spiro atoms. The number of phenolic OH excluding ortho intramolecular Hbond substituents is 1. The Morgan fingerprint density at radius 1 is 1.47 bits per heavy atom. The number of para-hydroxylation sites is 1. The van der Waals surface area contributed by atoms with E-state index in [-0.39, 0.29) is 11.9 Å². The topological polar surface area (TPSA) is 64.7 Å². The van der Waals surface area contributed by atoms with Crippen molar-refractivity contribution < 1.29 is 14.6 Å². The quantitative estimate of drug-likeness (QED) is 0.831. The predicted molar refractivity (Wildman–Crippen MR) is 64.7 cm³/mol. The summed E-state index contributed by atoms with van der Waals surface area (Å²) in [5.74, 6) is -0.373. The van der Waals surface area contributed by atoms with Crippen molar-refractivity contribution in [1.29, 1.82) is 0 Å². The van der Waals surface area contributed by atoms with Crippen LogP contribution in [0.3, 0.4) is 0 Å². The van der Waals surface area contributed by atoms with Crippen LogP contribution < -0.4 is 5.73 Å². The van der Waals surface area contributed by atoms with Crippen molar-refractivity contribution in [2.45, 2.75) is 31.7 Å². The molecule has 1 fully saturated rings. The van der Waals surface area contributed by atoms with E-state index < -0.39 is 5.79 Å². The van der Waals surface area contributed by atoms with Gasteiger partial charge < -0.3 is 20.3 Å². The Morgan fingerprint density at radius 3 is 2.94 bits per heavy atom. The van der Waals surface area contributed by atoms with Crippen molar-refractivity contribution in [2.24, 2.45) is 5.73 Å². The monoisotopic (exact) mass is 237 g/mol. The van der Waals surface area contributed by atoms with Crippen molar-refractivity contribution >= 4 is 0 Å². The average Bonchev–Trinajstić information content (AvgIpc) is 2.64. The second kappa shape index (κ2) is 5.04. The number of benzene rings is 1. The fraction of sp³-hybridized carbons (Fsp3) is 0.538. The molecular weight excluding hydrogens is 218 g/mol. The summed E-state index contributed by atoms with van der Waals surface area (Å²) >= 11 is 0. The third-order valence-corrected chi connectivity index (χ3v) is 2.98. The molecule has 1 aromatic rings. The normalized spacial score (nSPS) is 28.5. The van der Waals surface area contributed by atoms with Gasteiger partial charge >= 0.3 is 0 Å². The SMILES string of the molecule is CC1(Cc2ccccc2O)OCC(CCN)O1. The number of rotatable bonds is 4. The first-order valence-corrected chi connectivity index (χ1v) is 5.92. The van der Waals surface area contributed by atoms with Crippen molar-refractivity contribution in [3.8, 4) is 5.75 Å². The number of ether oxygens (including phenoxy) is 2. The Bertz CT molecular complexity index is 383. The van der Waals surface area contributed by atoms with Gasteiger partial charge in [-0.2, -0.15) is 0 Å². The minimum Gasteiger partial charge on any atom is -0.508 e. The minimum absolute atomic E-state index is 0.0656. The smallest absolute Gasteiger partial charge is 0.170 e. The van der Waals surface area contributed by atoms with Crippen LogP contribution in [0.15, 0.2) is 24.3 Å². The van der Waals surface area contributed by atoms with Crippen LogP contribution in [0.25, 0.3) is 0 Å². The lowest BCUT2D eigenvalue weighted by Crippen LogP contribution is -2.30. The summed E-state index contributed by atoms with van der Waals surface area (Å²) in [6.07, 6.45) is 1.41. The van der Waals surface area contributed by atoms with Gasteiger partial charge in [0.2, 0.25) is 0 Å². The van der Waals surface area contributed by atoms with E-state index in [1.807, 2.05) is 19.1 Å². The second-order valence-corrected chi connectivity index (χ2v) is 4.57. The van der Waals surface area contributed by atoms with Gasteiger partial charge in [0.25, 0.3) is 0 Å². The zero-order valence-electron chi connectivity index (χ0n) is 10.1. The molecule has 0 aliphatic carbocycles. The fourth-order valence-electron chi connectivity index (χ4n) is 2.12. The Labute approximate surface area is 101 Å². The molecule has 2 rings (SSSR count). The molecule has 2 atom stereocenters. The Morgan fingerprint density at radius 2 is 2.24 bits per heavy atom. The highest BCUT2D eigenvalue weighted by atomic mass is 16.7. The third kappa shape index (κ3) is 2.97. The van der Waals surface area contributed by atoms with Gasteiger partial charge in [0.1, 0.15) is 5.75 Å². The van der Waals surface area contributed by atoms with Crippen LogP contribution in [0.2, 0.25) is 0 Å². The number of hydrogen-bond donors (Lipinski definition) is 2. The highest BCUT2D eigenvalue weighted by molar-refractivity contribution is 5.32. The Kier molecular flexibility index (Phi) is 3.66. The molecule has 0 amide bonds. The summed E-state index contributed by atoms with van der Waals surface area (Å²) in [6.45, 7) is 3.07. The molecule has 94 valence electrons. The summed E-state index contributed by atoms with van der Waals surface area (Å²) in [5, 5.41) is 9.72. The maximum Gasteiger partial charge on any atom is 0.170 e. The summed E-state index contributed by atoms with van der Waals surface area (Å²) in [7, 11) is 0. The largest absolute Gasteiger partial charge is 0.508 e. The van der Waals surface area contributed by atoms with E-state index in [1.165, 1.54) is 0 Å². The van der Waals surface area contributed by atoms with Crippen molar-refractivity contribution in [2.75, 3.05) is 13.2 Å². The van der Waals surface area contributed by atoms with Crippen molar-refractivity contribution in [3.63, 3.8) is 0 Å². The van der Waals surface area contributed by atoms with E-state index in [4.69, 9.17) is 15.2 Å². The summed E-state index contributed by atoms with van der Waals surface area (Å²) in [5.41, 5.74) is 6.33. The van der Waals surface area contributed by atoms with Crippen molar-refractivity contribution in [1.82, 2.24) is 0 Å². The van der Waals surface area contributed by atoms with Gasteiger partial charge in [-0.15, -0.1) is 0 Å². The maximum atomic E-state index is 9.72. The van der Waals surface area contributed by atoms with E-state index >= 15 is 0 Å². The maximum absolute atomic E-state index is 9.72. The van der Waals surface area contributed by atoms with E-state index in [0.29, 0.717) is 19.6 Å². The van der Waals surface area contributed by atoms with E-state index in [2.05, 4.69) is 0 Å². The Balaban J connectivity index is 2.02. The van der Waals surface area contributed by atoms with Gasteiger partial charge in [-0.25, -0.2) is 0 Å². The van der Waals surface area contributed by atoms with Crippen LogP contribution in [-0.4, -0.2) is 30.1 Å². The molecule has 0 radical (unpaired) electrons. The average molecular weight is 237 g/mol. The van der Waals surface area contributed by atoms with E-state index in [0.717, 1.165) is 12.0 Å². The van der Waals surface area contributed by atoms with Gasteiger partial charge in [-0.1, -0.05) is 18.2 Å². The second-order valence-electron chi connectivity index (χ2n) is 4.57. The molecule has 1 aliphatic rings. The first-order valence-electron chi connectivity index (χ1n) is 5.92. The van der Waals surface area contributed by atoms with Crippen LogP contribution in [0.4, 0.5) is 0 Å². The summed E-state index contributed by atoms with van der Waals surface area (Å²) in [6, 6.07) is 7.24. The number of aromatic hydroxyl groups is 1. The molecule has 4 heteroatoms. The lowest BCUT2D eigenvalue weighted by molar-refractivity contribution is -0.152. The molecule has 1 aliphatic heterocycles. The Hall–Kier alpha value is -1.10. The number of nitrogens with two attached hydrogens (primary N) is 1. The molecule has 1 aromatic carbocycles. The molecule has 2 unspecified atom stereocenters. The predicted octanol–water partition coefficient (Wildman–Crippen LogP) is 1.42. The fourth-order valence-corrected chi connectivity index (χ4v) is 2.12. The molecule has 4 nitrogen and oxygen atoms in total. The van der Waals surface area contributed by atoms with Crippen LogP contribution >= 0.6 is 0 Å². The third-order valence-electron chi connectivity index (χ3n) is 2.98. The molecule has 0 bridgehead atoms. The molecule has 17 heavy (non-hydrogen) atoms. The molecule has 3 N–H and O–H groups in total. The van der Waals surface area contributed by atoms with Crippen LogP contribution in [0, 0.1) is 0 Å². The van der Waals surface area contributed by atoms with Crippen LogP contribution in [0.1, 0.15) is 18.9 Å². The molecule has 1 heterocycles. The van der Waals surface area contributed by atoms with E-state index in [9.17, 15) is 5.11 Å². The molecular formula is C13H19NO3. The van der Waals surface area contributed by atoms with Crippen LogP contribution in [-0.2, 0) is 15.9 Å². The minimum atomic E-state index is -0.654. The zero-order valence-corrected chi connectivity index (χ0v) is 10.1. The van der Waals surface area contributed by atoms with Gasteiger partial charge in [0.15, 0.2) is 5.79 Å². The first-order chi connectivity index (χ1) is 8.13. The molecule has 0 saturated carbocycles. The number of hydrogen-bond acceptors (Lipinski definition) is 4. The van der Waals surface area contributed by atoms with Crippen molar-refractivity contribution in [3.05, 3.63) is 29.8 Å². The van der Waals surface area contributed by atoms with Gasteiger partial charge in [-0.05, 0) is 31.5 Å². The van der Waals surface area contributed by atoms with Crippen LogP contribution in [0.5, 0.6) is 5.75 Å². The summed E-state index contributed by atoms with van der Waals surface area (Å²) in [4.78, 5) is 0. The highest BCUT2D eigenvalue weighted by Crippen LogP contribution is 2.31. The molecule has 1 saturated heterocycles. The van der Waals surface area contributed by atoms with Gasteiger partial charge in [0.05, 0.1) is 12.7 Å². The van der Waals surface area contributed by atoms with Gasteiger partial charge in [0, 0.05) is 6.42 Å². The first kappa shape index (κ1) is 12.4. The lowest BCUT2D eigenvalue weighted by Gasteiger charge is -2.23. The zero-order chi connectivity index (χ0) is 12.3. The highest BCUT2D eigenvalue weighted by Gasteiger charge is 2.37. The standard InChI is InChI=1S/C13H19NO3/c1-13(16-9-11(17-13)6-7-14)8-10-4-2-3-5-12(10)15/h2-5,11,15H,6-9,14H2,1H3. The number of phenols is 1. The van der Waals surface area contributed by atoms with Gasteiger partial charge in [-0.3, -0.25) is 0 Å².